The number of hydrogen-bond donors (Lipinski definition) is 1. The summed E-state index contributed by atoms with van der Waals surface area (Å²) in [7, 11) is -1.12. The van der Waals surface area contributed by atoms with Crippen LogP contribution in [0.25, 0.3) is 5.69 Å². The molecule has 0 spiro atoms. The predicted molar refractivity (Wildman–Crippen MR) is 115 cm³/mol. The van der Waals surface area contributed by atoms with E-state index >= 15 is 0 Å². The van der Waals surface area contributed by atoms with Crippen LogP contribution in [0.1, 0.15) is 16.1 Å². The smallest absolute Gasteiger partial charge is 0.269 e. The molecule has 2 aromatic carbocycles. The van der Waals surface area contributed by atoms with Crippen LogP contribution in [0.2, 0.25) is 5.02 Å². The van der Waals surface area contributed by atoms with Crippen LogP contribution in [-0.2, 0) is 10.0 Å². The van der Waals surface area contributed by atoms with Gasteiger partial charge in [0.1, 0.15) is 10.7 Å². The van der Waals surface area contributed by atoms with E-state index in [2.05, 4.69) is 10.4 Å². The van der Waals surface area contributed by atoms with Gasteiger partial charge in [-0.2, -0.15) is 5.10 Å². The minimum absolute atomic E-state index is 0.00276. The van der Waals surface area contributed by atoms with Crippen molar-refractivity contribution in [2.24, 2.45) is 0 Å². The number of carbonyl (C=O) groups excluding carboxylic acids is 1. The number of aryl methyl sites for hydroxylation is 1. The third-order valence-corrected chi connectivity index (χ3v) is 6.63. The Hall–Kier alpha value is -3.28. The van der Waals surface area contributed by atoms with Gasteiger partial charge in [-0.1, -0.05) is 11.6 Å². The summed E-state index contributed by atoms with van der Waals surface area (Å²) < 4.78 is 27.3. The number of benzene rings is 2. The van der Waals surface area contributed by atoms with E-state index < -0.39 is 20.9 Å². The predicted octanol–water partition coefficient (Wildman–Crippen LogP) is 3.24. The van der Waals surface area contributed by atoms with Crippen molar-refractivity contribution >= 4 is 39.0 Å². The number of non-ortho nitro benzene ring substituents is 1. The molecule has 162 valence electrons. The fourth-order valence-electron chi connectivity index (χ4n) is 2.73. The van der Waals surface area contributed by atoms with Crippen molar-refractivity contribution in [1.82, 2.24) is 14.1 Å². The average Bonchev–Trinajstić information content (AvgIpc) is 3.08. The summed E-state index contributed by atoms with van der Waals surface area (Å²) in [6, 6.07) is 11.2. The molecule has 1 amide bonds. The minimum Gasteiger partial charge on any atom is -0.306 e. The standard InChI is InChI=1S/C19H18ClN5O5S/c1-12-10-18(24(22-12)14-5-7-15(8-6-14)25(27)28)21-19(26)13-4-9-16(20)17(11-13)31(29,30)23(2)3/h4-11H,1-3H3,(H,21,26). The molecule has 0 atom stereocenters. The van der Waals surface area contributed by atoms with Gasteiger partial charge < -0.3 is 5.32 Å². The summed E-state index contributed by atoms with van der Waals surface area (Å²) in [4.78, 5) is 23.0. The van der Waals surface area contributed by atoms with Crippen molar-refractivity contribution in [3.8, 4) is 5.69 Å². The Morgan fingerprint density at radius 3 is 2.39 bits per heavy atom. The number of nitro benzene ring substituents is 1. The number of carbonyl (C=O) groups is 1. The van der Waals surface area contributed by atoms with Crippen molar-refractivity contribution in [3.63, 3.8) is 0 Å². The zero-order valence-corrected chi connectivity index (χ0v) is 18.3. The van der Waals surface area contributed by atoms with Crippen molar-refractivity contribution in [2.45, 2.75) is 11.8 Å². The Morgan fingerprint density at radius 1 is 1.16 bits per heavy atom. The van der Waals surface area contributed by atoms with E-state index in [-0.39, 0.29) is 21.2 Å². The average molecular weight is 464 g/mol. The lowest BCUT2D eigenvalue weighted by molar-refractivity contribution is -0.384. The molecule has 0 aliphatic rings. The summed E-state index contributed by atoms with van der Waals surface area (Å²) in [5, 5.41) is 17.8. The van der Waals surface area contributed by atoms with Crippen LogP contribution in [0.4, 0.5) is 11.5 Å². The fraction of sp³-hybridized carbons (Fsp3) is 0.158. The zero-order valence-electron chi connectivity index (χ0n) is 16.7. The molecular formula is C19H18ClN5O5S. The first-order chi connectivity index (χ1) is 14.5. The number of sulfonamides is 1. The summed E-state index contributed by atoms with van der Waals surface area (Å²) in [5.74, 6) is -0.266. The number of rotatable bonds is 6. The van der Waals surface area contributed by atoms with Gasteiger partial charge in [-0.15, -0.1) is 0 Å². The molecule has 1 heterocycles. The summed E-state index contributed by atoms with van der Waals surface area (Å²) in [6.45, 7) is 1.72. The molecule has 1 aromatic heterocycles. The highest BCUT2D eigenvalue weighted by atomic mass is 35.5. The van der Waals surface area contributed by atoms with Crippen LogP contribution in [0, 0.1) is 17.0 Å². The maximum absolute atomic E-state index is 12.8. The fourth-order valence-corrected chi connectivity index (χ4v) is 4.12. The van der Waals surface area contributed by atoms with E-state index in [9.17, 15) is 23.3 Å². The maximum atomic E-state index is 12.8. The molecule has 3 aromatic rings. The molecule has 31 heavy (non-hydrogen) atoms. The van der Waals surface area contributed by atoms with E-state index in [1.165, 1.54) is 61.2 Å². The maximum Gasteiger partial charge on any atom is 0.269 e. The Bertz CT molecular complexity index is 1270. The van der Waals surface area contributed by atoms with Crippen LogP contribution in [0.15, 0.2) is 53.4 Å². The number of nitrogens with zero attached hydrogens (tertiary/aromatic N) is 4. The van der Waals surface area contributed by atoms with Gasteiger partial charge in [-0.25, -0.2) is 17.4 Å². The van der Waals surface area contributed by atoms with E-state index in [0.29, 0.717) is 17.2 Å². The molecule has 0 radical (unpaired) electrons. The molecule has 0 aliphatic heterocycles. The summed E-state index contributed by atoms with van der Waals surface area (Å²) >= 11 is 6.03. The highest BCUT2D eigenvalue weighted by molar-refractivity contribution is 7.89. The molecule has 0 bridgehead atoms. The second-order valence-corrected chi connectivity index (χ2v) is 9.27. The summed E-state index contributed by atoms with van der Waals surface area (Å²) in [5.41, 5.74) is 1.11. The first-order valence-electron chi connectivity index (χ1n) is 8.85. The second kappa shape index (κ2) is 8.46. The lowest BCUT2D eigenvalue weighted by Crippen LogP contribution is -2.23. The molecule has 10 nitrogen and oxygen atoms in total. The number of hydrogen-bond acceptors (Lipinski definition) is 6. The topological polar surface area (TPSA) is 127 Å². The van der Waals surface area contributed by atoms with Gasteiger partial charge in [-0.3, -0.25) is 14.9 Å². The van der Waals surface area contributed by atoms with Gasteiger partial charge in [0.2, 0.25) is 10.0 Å². The van der Waals surface area contributed by atoms with Crippen LogP contribution in [0.3, 0.4) is 0 Å². The molecule has 0 saturated heterocycles. The van der Waals surface area contributed by atoms with Crippen LogP contribution < -0.4 is 5.32 Å². The lowest BCUT2D eigenvalue weighted by Gasteiger charge is -2.14. The first kappa shape index (κ1) is 22.4. The van der Waals surface area contributed by atoms with Gasteiger partial charge >= 0.3 is 0 Å². The Morgan fingerprint density at radius 2 is 1.81 bits per heavy atom. The second-order valence-electron chi connectivity index (χ2n) is 6.74. The molecule has 3 rings (SSSR count). The van der Waals surface area contributed by atoms with Crippen molar-refractivity contribution in [1.29, 1.82) is 0 Å². The Kier molecular flexibility index (Phi) is 6.11. The van der Waals surface area contributed by atoms with Crippen LogP contribution in [0.5, 0.6) is 0 Å². The summed E-state index contributed by atoms with van der Waals surface area (Å²) in [6.07, 6.45) is 0. The number of aromatic nitrogens is 2. The van der Waals surface area contributed by atoms with Crippen molar-refractivity contribution < 1.29 is 18.1 Å². The van der Waals surface area contributed by atoms with Crippen LogP contribution in [-0.4, -0.2) is 47.4 Å². The molecular weight excluding hydrogens is 446 g/mol. The quantitative estimate of drug-likeness (QED) is 0.441. The molecule has 0 unspecified atom stereocenters. The molecule has 0 fully saturated rings. The third kappa shape index (κ3) is 4.58. The first-order valence-corrected chi connectivity index (χ1v) is 10.7. The monoisotopic (exact) mass is 463 g/mol. The normalized spacial score (nSPS) is 11.5. The Balaban J connectivity index is 1.94. The number of halogens is 1. The van der Waals surface area contributed by atoms with Gasteiger partial charge in [0.25, 0.3) is 11.6 Å². The lowest BCUT2D eigenvalue weighted by atomic mass is 10.2. The van der Waals surface area contributed by atoms with Gasteiger partial charge in [0.05, 0.1) is 21.3 Å². The van der Waals surface area contributed by atoms with E-state index in [1.54, 1.807) is 13.0 Å². The number of anilines is 1. The highest BCUT2D eigenvalue weighted by Crippen LogP contribution is 2.26. The number of nitrogens with one attached hydrogen (secondary N) is 1. The zero-order chi connectivity index (χ0) is 22.9. The van der Waals surface area contributed by atoms with Gasteiger partial charge in [0.15, 0.2) is 0 Å². The van der Waals surface area contributed by atoms with E-state index in [4.69, 9.17) is 11.6 Å². The highest BCUT2D eigenvalue weighted by Gasteiger charge is 2.23. The minimum atomic E-state index is -3.85. The number of amides is 1. The molecule has 1 N–H and O–H groups in total. The van der Waals surface area contributed by atoms with Crippen molar-refractivity contribution in [3.05, 3.63) is 74.9 Å². The molecule has 0 aliphatic carbocycles. The molecule has 0 saturated carbocycles. The van der Waals surface area contributed by atoms with Gasteiger partial charge in [-0.05, 0) is 37.3 Å². The van der Waals surface area contributed by atoms with Crippen molar-refractivity contribution in [2.75, 3.05) is 19.4 Å². The SMILES string of the molecule is Cc1cc(NC(=O)c2ccc(Cl)c(S(=O)(=O)N(C)C)c2)n(-c2ccc([N+](=O)[O-])cc2)n1. The molecule has 12 heteroatoms. The Labute approximate surface area is 183 Å². The van der Waals surface area contributed by atoms with E-state index in [0.717, 1.165) is 4.31 Å². The third-order valence-electron chi connectivity index (χ3n) is 4.33. The van der Waals surface area contributed by atoms with E-state index in [1.807, 2.05) is 0 Å². The number of nitro groups is 1. The largest absolute Gasteiger partial charge is 0.306 e. The van der Waals surface area contributed by atoms with Gasteiger partial charge in [0, 0.05) is 37.9 Å². The van der Waals surface area contributed by atoms with Crippen LogP contribution >= 0.6 is 11.6 Å².